The van der Waals surface area contributed by atoms with Crippen molar-refractivity contribution in [1.82, 2.24) is 0 Å². The quantitative estimate of drug-likeness (QED) is 0.830. The van der Waals surface area contributed by atoms with Crippen LogP contribution in [0.1, 0.15) is 24.1 Å². The number of halogens is 1. The molecule has 2 rings (SSSR count). The molecule has 1 aromatic heterocycles. The second-order valence-electron chi connectivity index (χ2n) is 3.98. The average molecular weight is 297 g/mol. The van der Waals surface area contributed by atoms with Gasteiger partial charge in [0.15, 0.2) is 0 Å². The van der Waals surface area contributed by atoms with Crippen LogP contribution in [-0.2, 0) is 0 Å². The van der Waals surface area contributed by atoms with Crippen molar-refractivity contribution in [1.29, 1.82) is 0 Å². The Kier molecular flexibility index (Phi) is 4.22. The molecule has 0 saturated carbocycles. The lowest BCUT2D eigenvalue weighted by Gasteiger charge is -2.15. The fraction of sp³-hybridized carbons (Fsp3) is 0.154. The summed E-state index contributed by atoms with van der Waals surface area (Å²) < 4.78 is 0. The predicted molar refractivity (Wildman–Crippen MR) is 83.7 cm³/mol. The maximum atomic E-state index is 6.13. The minimum atomic E-state index is 0.239. The number of hydrogen-bond donors (Lipinski definition) is 2. The van der Waals surface area contributed by atoms with E-state index < -0.39 is 0 Å². The van der Waals surface area contributed by atoms with Gasteiger partial charge in [-0.2, -0.15) is 11.3 Å². The Morgan fingerprint density at radius 2 is 2.22 bits per heavy atom. The Morgan fingerprint density at radius 3 is 2.78 bits per heavy atom. The van der Waals surface area contributed by atoms with Gasteiger partial charge >= 0.3 is 0 Å². The van der Waals surface area contributed by atoms with Gasteiger partial charge in [-0.15, -0.1) is 0 Å². The molecule has 2 aromatic rings. The molecule has 0 spiro atoms. The highest BCUT2D eigenvalue weighted by atomic mass is 35.5. The average Bonchev–Trinajstić information content (AvgIpc) is 2.81. The van der Waals surface area contributed by atoms with Gasteiger partial charge in [0.2, 0.25) is 0 Å². The first-order valence-corrected chi connectivity index (χ1v) is 7.19. The van der Waals surface area contributed by atoms with Gasteiger partial charge in [0.05, 0.1) is 5.02 Å². The van der Waals surface area contributed by atoms with Crippen LogP contribution < -0.4 is 11.1 Å². The van der Waals surface area contributed by atoms with Crippen molar-refractivity contribution in [3.8, 4) is 0 Å². The van der Waals surface area contributed by atoms with Crippen molar-refractivity contribution in [3.05, 3.63) is 51.2 Å². The minimum absolute atomic E-state index is 0.239. The van der Waals surface area contributed by atoms with Crippen LogP contribution in [0.25, 0.3) is 0 Å². The van der Waals surface area contributed by atoms with Crippen LogP contribution in [0.5, 0.6) is 0 Å². The fourth-order valence-electron chi connectivity index (χ4n) is 1.66. The highest BCUT2D eigenvalue weighted by molar-refractivity contribution is 7.80. The Balaban J connectivity index is 2.15. The van der Waals surface area contributed by atoms with Gasteiger partial charge in [-0.1, -0.05) is 23.8 Å². The van der Waals surface area contributed by atoms with E-state index in [9.17, 15) is 0 Å². The Morgan fingerprint density at radius 1 is 1.44 bits per heavy atom. The monoisotopic (exact) mass is 296 g/mol. The van der Waals surface area contributed by atoms with E-state index in [1.165, 1.54) is 5.56 Å². The molecule has 0 radical (unpaired) electrons. The van der Waals surface area contributed by atoms with Gasteiger partial charge in [0, 0.05) is 17.3 Å². The fourth-order valence-corrected chi connectivity index (χ4v) is 2.93. The van der Waals surface area contributed by atoms with Crippen molar-refractivity contribution in [2.24, 2.45) is 5.73 Å². The summed E-state index contributed by atoms with van der Waals surface area (Å²) in [7, 11) is 0. The summed E-state index contributed by atoms with van der Waals surface area (Å²) in [6.45, 7) is 2.11. The summed E-state index contributed by atoms with van der Waals surface area (Å²) in [5.41, 5.74) is 8.50. The van der Waals surface area contributed by atoms with Crippen LogP contribution in [0.2, 0.25) is 5.02 Å². The van der Waals surface area contributed by atoms with Gasteiger partial charge in [0.1, 0.15) is 4.99 Å². The molecule has 1 aromatic carbocycles. The van der Waals surface area contributed by atoms with Gasteiger partial charge in [-0.25, -0.2) is 0 Å². The molecule has 0 bridgehead atoms. The highest BCUT2D eigenvalue weighted by Gasteiger charge is 2.08. The van der Waals surface area contributed by atoms with Crippen LogP contribution in [0.15, 0.2) is 35.0 Å². The molecule has 2 nitrogen and oxygen atoms in total. The molecule has 5 heteroatoms. The Labute approximate surface area is 121 Å². The third-order valence-electron chi connectivity index (χ3n) is 2.66. The molecule has 0 aliphatic carbocycles. The van der Waals surface area contributed by atoms with Crippen LogP contribution in [0.3, 0.4) is 0 Å². The minimum Gasteiger partial charge on any atom is -0.389 e. The van der Waals surface area contributed by atoms with Crippen molar-refractivity contribution in [3.63, 3.8) is 0 Å². The molecule has 18 heavy (non-hydrogen) atoms. The molecule has 0 fully saturated rings. The van der Waals surface area contributed by atoms with E-state index in [1.807, 2.05) is 18.2 Å². The Hall–Kier alpha value is -1.10. The number of nitrogens with one attached hydrogen (secondary N) is 1. The maximum absolute atomic E-state index is 6.13. The molecule has 0 aliphatic rings. The summed E-state index contributed by atoms with van der Waals surface area (Å²) >= 11 is 12.7. The summed E-state index contributed by atoms with van der Waals surface area (Å²) in [6.07, 6.45) is 0. The van der Waals surface area contributed by atoms with E-state index >= 15 is 0 Å². The van der Waals surface area contributed by atoms with Gasteiger partial charge in [-0.05, 0) is 47.5 Å². The SMILES string of the molecule is CC(Nc1ccc(C(N)=S)c(Cl)c1)c1ccsc1. The normalized spacial score (nSPS) is 12.1. The molecule has 1 heterocycles. The van der Waals surface area contributed by atoms with Crippen molar-refractivity contribution < 1.29 is 0 Å². The highest BCUT2D eigenvalue weighted by Crippen LogP contribution is 2.25. The molecular weight excluding hydrogens is 284 g/mol. The number of thiophene rings is 1. The second-order valence-corrected chi connectivity index (χ2v) is 5.61. The van der Waals surface area contributed by atoms with E-state index in [2.05, 4.69) is 29.1 Å². The second kappa shape index (κ2) is 5.69. The topological polar surface area (TPSA) is 38.0 Å². The molecule has 3 N–H and O–H groups in total. The third-order valence-corrected chi connectivity index (χ3v) is 3.89. The van der Waals surface area contributed by atoms with E-state index in [1.54, 1.807) is 11.3 Å². The first-order chi connectivity index (χ1) is 8.58. The van der Waals surface area contributed by atoms with Gasteiger partial charge < -0.3 is 11.1 Å². The maximum Gasteiger partial charge on any atom is 0.105 e. The summed E-state index contributed by atoms with van der Waals surface area (Å²) in [4.78, 5) is 0.317. The van der Waals surface area contributed by atoms with E-state index in [0.29, 0.717) is 15.6 Å². The van der Waals surface area contributed by atoms with Crippen LogP contribution in [0.4, 0.5) is 5.69 Å². The summed E-state index contributed by atoms with van der Waals surface area (Å²) in [5.74, 6) is 0. The molecule has 1 atom stereocenters. The molecule has 1 unspecified atom stereocenters. The van der Waals surface area contributed by atoms with Crippen molar-refractivity contribution in [2.75, 3.05) is 5.32 Å². The van der Waals surface area contributed by atoms with E-state index in [4.69, 9.17) is 29.6 Å². The lowest BCUT2D eigenvalue weighted by molar-refractivity contribution is 0.890. The van der Waals surface area contributed by atoms with E-state index in [-0.39, 0.29) is 6.04 Å². The predicted octanol–water partition coefficient (Wildman–Crippen LogP) is 4.21. The summed E-state index contributed by atoms with van der Waals surface area (Å²) in [6, 6.07) is 7.96. The first kappa shape index (κ1) is 13.3. The number of anilines is 1. The number of benzene rings is 1. The number of hydrogen-bond acceptors (Lipinski definition) is 3. The smallest absolute Gasteiger partial charge is 0.105 e. The Bertz CT molecular complexity index is 552. The lowest BCUT2D eigenvalue weighted by atomic mass is 10.1. The molecule has 0 amide bonds. The zero-order chi connectivity index (χ0) is 13.1. The molecule has 0 aliphatic heterocycles. The molecule has 0 saturated heterocycles. The standard InChI is InChI=1S/C13H13ClN2S2/c1-8(9-4-5-18-7-9)16-10-2-3-11(13(15)17)12(14)6-10/h2-8,16H,1H3,(H2,15,17). The lowest BCUT2D eigenvalue weighted by Crippen LogP contribution is -2.11. The molecule has 94 valence electrons. The number of nitrogens with two attached hydrogens (primary N) is 1. The van der Waals surface area contributed by atoms with Gasteiger partial charge in [0.25, 0.3) is 0 Å². The van der Waals surface area contributed by atoms with Crippen LogP contribution in [-0.4, -0.2) is 4.99 Å². The molecular formula is C13H13ClN2S2. The van der Waals surface area contributed by atoms with Crippen LogP contribution >= 0.6 is 35.2 Å². The largest absolute Gasteiger partial charge is 0.389 e. The number of rotatable bonds is 4. The van der Waals surface area contributed by atoms with Gasteiger partial charge in [-0.3, -0.25) is 0 Å². The zero-order valence-corrected chi connectivity index (χ0v) is 12.2. The van der Waals surface area contributed by atoms with Crippen molar-refractivity contribution >= 4 is 45.8 Å². The number of thiocarbonyl (C=S) groups is 1. The summed E-state index contributed by atoms with van der Waals surface area (Å²) in [5, 5.41) is 8.16. The first-order valence-electron chi connectivity index (χ1n) is 5.46. The van der Waals surface area contributed by atoms with Crippen LogP contribution in [0, 0.1) is 0 Å². The zero-order valence-electron chi connectivity index (χ0n) is 9.81. The van der Waals surface area contributed by atoms with Crippen molar-refractivity contribution in [2.45, 2.75) is 13.0 Å². The third kappa shape index (κ3) is 3.02. The van der Waals surface area contributed by atoms with E-state index in [0.717, 1.165) is 5.69 Å².